The number of aryl methyl sites for hydroxylation is 2. The van der Waals surface area contributed by atoms with Crippen LogP contribution < -0.4 is 16.0 Å². The number of carbonyl (C=O) groups is 4. The lowest BCUT2D eigenvalue weighted by molar-refractivity contribution is -0.151. The van der Waals surface area contributed by atoms with Gasteiger partial charge in [0.05, 0.1) is 43.6 Å². The number of rotatable bonds is 21. The number of halogens is 6. The number of unbranched alkanes of at least 4 members (excludes halogenated alkanes) is 2. The number of hydrogen-bond donors (Lipinski definition) is 4. The predicted molar refractivity (Wildman–Crippen MR) is 310 cm³/mol. The first kappa shape index (κ1) is 69.1. The highest BCUT2D eigenvalue weighted by Gasteiger charge is 2.35. The molecule has 3 unspecified atom stereocenters. The number of carbonyl (C=O) groups excluding carboxylic acids is 3. The number of esters is 1. The number of aromatic carboxylic acids is 1. The van der Waals surface area contributed by atoms with Crippen molar-refractivity contribution in [1.82, 2.24) is 19.7 Å². The second-order valence-corrected chi connectivity index (χ2v) is 23.4. The second-order valence-electron chi connectivity index (χ2n) is 18.5. The first-order valence-electron chi connectivity index (χ1n) is 25.7. The SMILES string of the molecule is CCCC(=NOCC)C1=C(O)CC(CC(C)SCC)CC1=O.CCCCCC(C)OC(=O)COc1ccc(Cl)c2cccnc12.Cc1[nH]n(C)c(=O)c1C(=O)c1ccc(C(F)(F)F)cc1S(C)(=O)=O.Nc1cc(Cl)nc(C(=O)O)c1Cl. The number of aromatic amines is 1. The molecule has 1 aliphatic rings. The summed E-state index contributed by atoms with van der Waals surface area (Å²) in [4.78, 5) is 71.4. The molecule has 18 nitrogen and oxygen atoms in total. The van der Waals surface area contributed by atoms with Gasteiger partial charge >= 0.3 is 18.1 Å². The van der Waals surface area contributed by atoms with Gasteiger partial charge in [-0.05, 0) is 107 Å². The molecule has 5 aromatic rings. The van der Waals surface area contributed by atoms with E-state index >= 15 is 0 Å². The number of nitrogens with one attached hydrogen (secondary N) is 1. The maximum atomic E-state index is 12.8. The highest BCUT2D eigenvalue weighted by Crippen LogP contribution is 2.35. The number of benzene rings is 2. The average Bonchev–Trinajstić information content (AvgIpc) is 3.64. The van der Waals surface area contributed by atoms with Crippen molar-refractivity contribution >= 4 is 102 Å². The molecule has 26 heteroatoms. The van der Waals surface area contributed by atoms with Crippen molar-refractivity contribution in [2.45, 2.75) is 129 Å². The van der Waals surface area contributed by atoms with E-state index < -0.39 is 49.3 Å². The Labute approximate surface area is 487 Å². The fourth-order valence-corrected chi connectivity index (χ4v) is 10.7. The van der Waals surface area contributed by atoms with E-state index in [0.717, 1.165) is 60.4 Å². The summed E-state index contributed by atoms with van der Waals surface area (Å²) in [6, 6.07) is 10.2. The Hall–Kier alpha value is -6.14. The van der Waals surface area contributed by atoms with E-state index in [2.05, 4.69) is 41.0 Å². The van der Waals surface area contributed by atoms with Gasteiger partial charge in [-0.3, -0.25) is 29.1 Å². The van der Waals surface area contributed by atoms with Crippen molar-refractivity contribution in [2.24, 2.45) is 18.1 Å². The minimum atomic E-state index is -4.76. The maximum Gasteiger partial charge on any atom is 0.416 e. The fourth-order valence-electron chi connectivity index (χ4n) is 8.19. The minimum absolute atomic E-state index is 0.00861. The van der Waals surface area contributed by atoms with Crippen LogP contribution in [0.15, 0.2) is 80.9 Å². The summed E-state index contributed by atoms with van der Waals surface area (Å²) >= 11 is 19.0. The summed E-state index contributed by atoms with van der Waals surface area (Å²) in [5.74, 6) is -0.529. The number of oxime groups is 1. The molecule has 0 fully saturated rings. The van der Waals surface area contributed by atoms with Crippen LogP contribution in [0.1, 0.15) is 137 Å². The number of carboxylic acid groups (broad SMARTS) is 1. The molecule has 0 spiro atoms. The number of anilines is 1. The van der Waals surface area contributed by atoms with Gasteiger partial charge in [0.2, 0.25) is 5.78 Å². The van der Waals surface area contributed by atoms with Crippen molar-refractivity contribution in [1.29, 1.82) is 0 Å². The smallest absolute Gasteiger partial charge is 0.416 e. The van der Waals surface area contributed by atoms with Crippen molar-refractivity contribution in [3.05, 3.63) is 120 Å². The lowest BCUT2D eigenvalue weighted by Crippen LogP contribution is -2.26. The lowest BCUT2D eigenvalue weighted by Gasteiger charge is -2.25. The van der Waals surface area contributed by atoms with E-state index in [1.807, 2.05) is 44.7 Å². The van der Waals surface area contributed by atoms with Gasteiger partial charge < -0.3 is 30.3 Å². The van der Waals surface area contributed by atoms with Gasteiger partial charge in [0.25, 0.3) is 5.56 Å². The number of fused-ring (bicyclic) bond motifs is 1. The fraction of sp³-hybridized carbons (Fsp3) is 0.455. The first-order chi connectivity index (χ1) is 38.0. The van der Waals surface area contributed by atoms with Crippen LogP contribution in [0.4, 0.5) is 18.9 Å². The molecule has 0 amide bonds. The third-order valence-electron chi connectivity index (χ3n) is 11.9. The van der Waals surface area contributed by atoms with Crippen LogP contribution in [0, 0.1) is 12.8 Å². The molecule has 0 saturated heterocycles. The number of ketones is 2. The van der Waals surface area contributed by atoms with Crippen LogP contribution >= 0.6 is 46.6 Å². The number of hydrogen-bond acceptors (Lipinski definition) is 16. The van der Waals surface area contributed by atoms with Gasteiger partial charge in [-0.15, -0.1) is 0 Å². The number of Topliss-reactive ketones (excluding diaryl/α,β-unsaturated/α-hetero) is 1. The zero-order valence-electron chi connectivity index (χ0n) is 46.3. The molecule has 444 valence electrons. The quantitative estimate of drug-likeness (QED) is 0.0133. The van der Waals surface area contributed by atoms with Crippen molar-refractivity contribution < 1.29 is 65.3 Å². The number of sulfone groups is 1. The summed E-state index contributed by atoms with van der Waals surface area (Å²) in [5.41, 5.74) is 4.25. The lowest BCUT2D eigenvalue weighted by atomic mass is 9.82. The molecule has 2 aromatic carbocycles. The van der Waals surface area contributed by atoms with Gasteiger partial charge in [0, 0.05) is 54.2 Å². The molecule has 6 rings (SSSR count). The van der Waals surface area contributed by atoms with Gasteiger partial charge in [-0.1, -0.05) is 86.9 Å². The molecule has 0 radical (unpaired) electrons. The molecule has 3 heterocycles. The Morgan fingerprint density at radius 2 is 1.70 bits per heavy atom. The van der Waals surface area contributed by atoms with E-state index in [-0.39, 0.29) is 69.0 Å². The number of aromatic nitrogens is 4. The zero-order chi connectivity index (χ0) is 60.9. The third kappa shape index (κ3) is 21.0. The Bertz CT molecular complexity index is 3240. The number of carboxylic acids is 1. The molecule has 0 bridgehead atoms. The summed E-state index contributed by atoms with van der Waals surface area (Å²) in [5, 5.41) is 27.4. The van der Waals surface area contributed by atoms with Crippen molar-refractivity contribution in [2.75, 3.05) is 31.0 Å². The number of nitrogens with two attached hydrogens (primary N) is 1. The molecule has 0 aliphatic heterocycles. The standard InChI is InChI=1S/C18H22ClNO3.C17H29NO3S.C14H13F3N2O4S.C6H4Cl2N2O2/c1-3-4-5-7-13(2)23-17(21)12-22-16-10-9-15(19)14-8-6-11-20-18(14)16;1-5-8-14(18-21-6-2)17-15(19)10-13(11-16(17)20)9-12(4)22-7-3;1-7-11(13(21)19(2)18-7)12(20)9-5-4-8(14(15,16)17)6-10(9)24(3,22)23;7-3-1-2(9)4(8)5(10-3)6(11)12/h6,8-11,13H,3-5,7,12H2,1-2H3;12-13,19H,5-11H2,1-4H3;4-6,18H,1-3H3;1H,(H2,9,10)(H,11,12). The van der Waals surface area contributed by atoms with E-state index in [9.17, 15) is 50.7 Å². The molecular formula is C55H68Cl3F3N6O12S2. The number of alkyl halides is 3. The van der Waals surface area contributed by atoms with Crippen molar-refractivity contribution in [3.63, 3.8) is 0 Å². The van der Waals surface area contributed by atoms with E-state index in [1.165, 1.54) is 20.0 Å². The number of nitrogen functional groups attached to an aromatic ring is 1. The number of nitrogens with zero attached hydrogens (tertiary/aromatic N) is 4. The number of H-pyrrole nitrogens is 1. The Kier molecular flexibility index (Phi) is 27.7. The normalized spacial score (nSPS) is 14.3. The topological polar surface area (TPSA) is 273 Å². The number of pyridine rings is 2. The van der Waals surface area contributed by atoms with E-state index in [0.29, 0.717) is 77.1 Å². The van der Waals surface area contributed by atoms with E-state index in [1.54, 1.807) is 18.3 Å². The number of thioether (sulfide) groups is 1. The molecular weight excluding hydrogens is 1160 g/mol. The summed E-state index contributed by atoms with van der Waals surface area (Å²) in [7, 11) is -2.77. The van der Waals surface area contributed by atoms with Crippen LogP contribution in [-0.2, 0) is 42.2 Å². The summed E-state index contributed by atoms with van der Waals surface area (Å²) < 4.78 is 74.0. The van der Waals surface area contributed by atoms with Crippen LogP contribution in [0.3, 0.4) is 0 Å². The van der Waals surface area contributed by atoms with Crippen LogP contribution in [0.2, 0.25) is 15.2 Å². The molecule has 0 saturated carbocycles. The van der Waals surface area contributed by atoms with Gasteiger partial charge in [-0.25, -0.2) is 23.0 Å². The first-order valence-corrected chi connectivity index (χ1v) is 29.8. The Balaban J connectivity index is 0.000000290. The third-order valence-corrected chi connectivity index (χ3v) is 15.0. The molecule has 1 aliphatic carbocycles. The number of allylic oxidation sites excluding steroid dienone is 2. The maximum absolute atomic E-state index is 12.8. The van der Waals surface area contributed by atoms with Gasteiger partial charge in [-0.2, -0.15) is 24.9 Å². The van der Waals surface area contributed by atoms with Crippen LogP contribution in [0.25, 0.3) is 10.9 Å². The average molecular weight is 1230 g/mol. The predicted octanol–water partition coefficient (Wildman–Crippen LogP) is 12.6. The Morgan fingerprint density at radius 3 is 2.27 bits per heavy atom. The number of aliphatic hydroxyl groups excluding tert-OH is 1. The second kappa shape index (κ2) is 32.5. The van der Waals surface area contributed by atoms with Crippen LogP contribution in [-0.4, -0.2) is 104 Å². The molecule has 5 N–H and O–H groups in total. The van der Waals surface area contributed by atoms with Gasteiger partial charge in [0.15, 0.2) is 27.9 Å². The Morgan fingerprint density at radius 1 is 1.01 bits per heavy atom. The monoisotopic (exact) mass is 1230 g/mol. The summed E-state index contributed by atoms with van der Waals surface area (Å²) in [6.07, 6.45) is 5.33. The van der Waals surface area contributed by atoms with Crippen LogP contribution in [0.5, 0.6) is 5.75 Å². The number of aliphatic hydroxyl groups is 1. The molecule has 81 heavy (non-hydrogen) atoms. The number of ether oxygens (including phenoxy) is 2. The zero-order valence-corrected chi connectivity index (χ0v) is 50.2. The highest BCUT2D eigenvalue weighted by molar-refractivity contribution is 7.99. The highest BCUT2D eigenvalue weighted by atomic mass is 35.5. The largest absolute Gasteiger partial charge is 0.511 e. The van der Waals surface area contributed by atoms with Gasteiger partial charge in [0.1, 0.15) is 34.3 Å². The minimum Gasteiger partial charge on any atom is -0.511 e. The van der Waals surface area contributed by atoms with Crippen molar-refractivity contribution in [3.8, 4) is 5.75 Å². The molecule has 3 aromatic heterocycles. The summed E-state index contributed by atoms with van der Waals surface area (Å²) in [6.45, 7) is 14.0. The molecule has 3 atom stereocenters. The van der Waals surface area contributed by atoms with E-state index in [4.69, 9.17) is 60.0 Å².